The maximum atomic E-state index is 12.1. The predicted octanol–water partition coefficient (Wildman–Crippen LogP) is 3.88. The molecule has 0 spiro atoms. The molecule has 1 aromatic rings. The third-order valence-electron chi connectivity index (χ3n) is 2.48. The number of carbonyl (C=O) groups is 1. The molecule has 0 bridgehead atoms. The molecule has 2 nitrogen and oxygen atoms in total. The summed E-state index contributed by atoms with van der Waals surface area (Å²) in [6, 6.07) is 1.90. The van der Waals surface area contributed by atoms with Gasteiger partial charge in [-0.1, -0.05) is 0 Å². The van der Waals surface area contributed by atoms with Crippen LogP contribution < -0.4 is 0 Å². The van der Waals surface area contributed by atoms with Gasteiger partial charge in [0.05, 0.1) is 8.66 Å². The van der Waals surface area contributed by atoms with E-state index in [1.807, 2.05) is 6.07 Å². The maximum absolute atomic E-state index is 12.1. The molecule has 1 aliphatic rings. The molecule has 0 unspecified atom stereocenters. The Kier molecular flexibility index (Phi) is 3.98. The van der Waals surface area contributed by atoms with Crippen LogP contribution in [0.3, 0.4) is 0 Å². The summed E-state index contributed by atoms with van der Waals surface area (Å²) >= 11 is 8.29. The topological polar surface area (TPSA) is 26.3 Å². The van der Waals surface area contributed by atoms with E-state index in [0.29, 0.717) is 13.2 Å². The second-order valence-electron chi connectivity index (χ2n) is 3.48. The molecule has 0 saturated carbocycles. The summed E-state index contributed by atoms with van der Waals surface area (Å²) in [6.07, 6.45) is 1.71. The summed E-state index contributed by atoms with van der Waals surface area (Å²) in [7, 11) is 0. The normalized spacial score (nSPS) is 18.0. The third-order valence-corrected chi connectivity index (χ3v) is 5.75. The van der Waals surface area contributed by atoms with E-state index >= 15 is 0 Å². The Morgan fingerprint density at radius 2 is 2.07 bits per heavy atom. The van der Waals surface area contributed by atoms with Gasteiger partial charge in [-0.3, -0.25) is 4.79 Å². The zero-order valence-electron chi connectivity index (χ0n) is 7.96. The molecule has 0 amide bonds. The summed E-state index contributed by atoms with van der Waals surface area (Å²) in [5.74, 6) is 0.408. The third kappa shape index (κ3) is 2.70. The van der Waals surface area contributed by atoms with E-state index in [4.69, 9.17) is 4.74 Å². The van der Waals surface area contributed by atoms with Gasteiger partial charge in [-0.25, -0.2) is 0 Å². The molecular formula is C10H10Br2O2S. The predicted molar refractivity (Wildman–Crippen MR) is 67.6 cm³/mol. The van der Waals surface area contributed by atoms with Crippen LogP contribution in [0, 0.1) is 5.92 Å². The Bertz CT molecular complexity index is 350. The molecule has 1 fully saturated rings. The highest BCUT2D eigenvalue weighted by molar-refractivity contribution is 9.13. The fraction of sp³-hybridized carbons (Fsp3) is 0.500. The minimum atomic E-state index is 0.149. The van der Waals surface area contributed by atoms with Crippen LogP contribution in [-0.2, 0) is 4.74 Å². The highest BCUT2D eigenvalue weighted by Gasteiger charge is 2.24. The van der Waals surface area contributed by atoms with Gasteiger partial charge >= 0.3 is 0 Å². The van der Waals surface area contributed by atoms with Crippen molar-refractivity contribution in [2.75, 3.05) is 13.2 Å². The molecule has 5 heteroatoms. The second-order valence-corrected chi connectivity index (χ2v) is 6.71. The molecule has 15 heavy (non-hydrogen) atoms. The van der Waals surface area contributed by atoms with Crippen molar-refractivity contribution in [1.29, 1.82) is 0 Å². The van der Waals surface area contributed by atoms with Crippen LogP contribution >= 0.6 is 43.2 Å². The lowest BCUT2D eigenvalue weighted by Gasteiger charge is -2.19. The van der Waals surface area contributed by atoms with Crippen molar-refractivity contribution in [3.05, 3.63) is 19.2 Å². The number of rotatable bonds is 2. The largest absolute Gasteiger partial charge is 0.381 e. The van der Waals surface area contributed by atoms with Crippen molar-refractivity contribution in [1.82, 2.24) is 0 Å². The van der Waals surface area contributed by atoms with E-state index in [2.05, 4.69) is 31.9 Å². The van der Waals surface area contributed by atoms with E-state index < -0.39 is 0 Å². The van der Waals surface area contributed by atoms with Gasteiger partial charge in [0.25, 0.3) is 0 Å². The molecule has 0 aromatic carbocycles. The first-order valence-electron chi connectivity index (χ1n) is 4.75. The smallest absolute Gasteiger partial charge is 0.176 e. The van der Waals surface area contributed by atoms with Gasteiger partial charge in [0, 0.05) is 23.6 Å². The van der Waals surface area contributed by atoms with Gasteiger partial charge in [0.2, 0.25) is 0 Å². The molecular weight excluding hydrogens is 344 g/mol. The van der Waals surface area contributed by atoms with Gasteiger partial charge in [-0.2, -0.15) is 0 Å². The van der Waals surface area contributed by atoms with Gasteiger partial charge < -0.3 is 4.74 Å². The van der Waals surface area contributed by atoms with Crippen molar-refractivity contribution < 1.29 is 9.53 Å². The number of ether oxygens (including phenoxy) is 1. The van der Waals surface area contributed by atoms with Crippen LogP contribution in [0.25, 0.3) is 0 Å². The Labute approximate surface area is 109 Å². The summed E-state index contributed by atoms with van der Waals surface area (Å²) in [4.78, 5) is 12.9. The van der Waals surface area contributed by atoms with Crippen molar-refractivity contribution in [2.45, 2.75) is 12.8 Å². The van der Waals surface area contributed by atoms with E-state index in [0.717, 1.165) is 26.0 Å². The molecule has 0 atom stereocenters. The van der Waals surface area contributed by atoms with Gasteiger partial charge in [-0.15, -0.1) is 11.3 Å². The lowest BCUT2D eigenvalue weighted by Crippen LogP contribution is -2.22. The number of carbonyl (C=O) groups excluding carboxylic acids is 1. The number of hydrogen-bond acceptors (Lipinski definition) is 3. The first kappa shape index (κ1) is 11.8. The minimum Gasteiger partial charge on any atom is -0.381 e. The Morgan fingerprint density at radius 3 is 2.60 bits per heavy atom. The fourth-order valence-electron chi connectivity index (χ4n) is 1.63. The van der Waals surface area contributed by atoms with Crippen LogP contribution in [0.1, 0.15) is 22.5 Å². The molecule has 82 valence electrons. The van der Waals surface area contributed by atoms with E-state index in [-0.39, 0.29) is 11.7 Å². The van der Waals surface area contributed by atoms with Gasteiger partial charge in [0.1, 0.15) is 0 Å². The van der Waals surface area contributed by atoms with Crippen LogP contribution in [0.15, 0.2) is 14.3 Å². The Morgan fingerprint density at radius 1 is 1.40 bits per heavy atom. The summed E-state index contributed by atoms with van der Waals surface area (Å²) in [5.41, 5.74) is 0. The highest BCUT2D eigenvalue weighted by Crippen LogP contribution is 2.34. The lowest BCUT2D eigenvalue weighted by molar-refractivity contribution is 0.0547. The molecule has 2 rings (SSSR count). The standard InChI is InChI=1S/C10H10Br2O2S/c11-7-5-8(15-10(7)12)9(13)6-1-3-14-4-2-6/h5-6H,1-4H2. The van der Waals surface area contributed by atoms with Crippen molar-refractivity contribution in [3.8, 4) is 0 Å². The second kappa shape index (κ2) is 5.08. The van der Waals surface area contributed by atoms with Crippen LogP contribution in [-0.4, -0.2) is 19.0 Å². The van der Waals surface area contributed by atoms with E-state index in [1.54, 1.807) is 0 Å². The number of Topliss-reactive ketones (excluding diaryl/α,β-unsaturated/α-hetero) is 1. The van der Waals surface area contributed by atoms with Crippen LogP contribution in [0.2, 0.25) is 0 Å². The first-order valence-corrected chi connectivity index (χ1v) is 7.15. The lowest BCUT2D eigenvalue weighted by atomic mass is 9.94. The van der Waals surface area contributed by atoms with Crippen LogP contribution in [0.4, 0.5) is 0 Å². The first-order chi connectivity index (χ1) is 7.18. The number of ketones is 1. The van der Waals surface area contributed by atoms with Crippen molar-refractivity contribution in [2.24, 2.45) is 5.92 Å². The molecule has 0 N–H and O–H groups in total. The average Bonchev–Trinajstić information content (AvgIpc) is 2.59. The van der Waals surface area contributed by atoms with Crippen molar-refractivity contribution in [3.63, 3.8) is 0 Å². The summed E-state index contributed by atoms with van der Waals surface area (Å²) < 4.78 is 7.19. The monoisotopic (exact) mass is 352 g/mol. The number of thiophene rings is 1. The summed E-state index contributed by atoms with van der Waals surface area (Å²) in [5, 5.41) is 0. The number of hydrogen-bond donors (Lipinski definition) is 0. The Hall–Kier alpha value is 0.290. The SMILES string of the molecule is O=C(c1cc(Br)c(Br)s1)C1CCOCC1. The van der Waals surface area contributed by atoms with Gasteiger partial charge in [0.15, 0.2) is 5.78 Å². The zero-order chi connectivity index (χ0) is 10.8. The summed E-state index contributed by atoms with van der Waals surface area (Å²) in [6.45, 7) is 1.42. The molecule has 1 saturated heterocycles. The maximum Gasteiger partial charge on any atom is 0.176 e. The highest BCUT2D eigenvalue weighted by atomic mass is 79.9. The average molecular weight is 354 g/mol. The van der Waals surface area contributed by atoms with Crippen molar-refractivity contribution >= 4 is 49.0 Å². The number of halogens is 2. The molecule has 1 aliphatic heterocycles. The fourth-order valence-corrected chi connectivity index (χ4v) is 3.68. The van der Waals surface area contributed by atoms with Crippen LogP contribution in [0.5, 0.6) is 0 Å². The quantitative estimate of drug-likeness (QED) is 0.754. The molecule has 0 aliphatic carbocycles. The molecule has 0 radical (unpaired) electrons. The van der Waals surface area contributed by atoms with E-state index in [1.165, 1.54) is 11.3 Å². The van der Waals surface area contributed by atoms with Gasteiger partial charge in [-0.05, 0) is 50.8 Å². The van der Waals surface area contributed by atoms with E-state index in [9.17, 15) is 4.79 Å². The minimum absolute atomic E-state index is 0.149. The Balaban J connectivity index is 2.12. The zero-order valence-corrected chi connectivity index (χ0v) is 12.0. The molecule has 1 aromatic heterocycles. The molecule has 2 heterocycles.